The molecule has 5 rings (SSSR count). The quantitative estimate of drug-likeness (QED) is 0.290. The van der Waals surface area contributed by atoms with Crippen molar-refractivity contribution >= 4 is 20.6 Å². The van der Waals surface area contributed by atoms with Gasteiger partial charge in [0.1, 0.15) is 23.0 Å². The highest BCUT2D eigenvalue weighted by Gasteiger charge is 2.15. The maximum absolute atomic E-state index is 11.9. The molecule has 0 aliphatic carbocycles. The first-order valence-corrected chi connectivity index (χ1v) is 14.4. The Morgan fingerprint density at radius 1 is 0.892 bits per heavy atom. The molecule has 37 heavy (non-hydrogen) atoms. The summed E-state index contributed by atoms with van der Waals surface area (Å²) >= 11 is 0. The van der Waals surface area contributed by atoms with Gasteiger partial charge in [-0.3, -0.25) is 0 Å². The van der Waals surface area contributed by atoms with Gasteiger partial charge in [-0.15, -0.1) is 0 Å². The third-order valence-corrected chi connectivity index (χ3v) is 7.97. The number of hydrogen-bond donors (Lipinski definition) is 2. The van der Waals surface area contributed by atoms with Gasteiger partial charge >= 0.3 is 0 Å². The molecule has 0 saturated carbocycles. The van der Waals surface area contributed by atoms with Crippen molar-refractivity contribution in [2.45, 2.75) is 24.2 Å². The fraction of sp³-hybridized carbons (Fsp3) is 0.267. The number of rotatable bonds is 8. The van der Waals surface area contributed by atoms with E-state index in [1.165, 1.54) is 19.1 Å². The zero-order valence-corrected chi connectivity index (χ0v) is 21.6. The summed E-state index contributed by atoms with van der Waals surface area (Å²) in [6.45, 7) is 2.88. The summed E-state index contributed by atoms with van der Waals surface area (Å²) in [4.78, 5) is 0.264. The van der Waals surface area contributed by atoms with Gasteiger partial charge < -0.3 is 19.9 Å². The first-order chi connectivity index (χ1) is 17.9. The molecular formula is C30H31NO5S. The van der Waals surface area contributed by atoms with E-state index in [-0.39, 0.29) is 10.6 Å². The van der Waals surface area contributed by atoms with E-state index in [1.807, 2.05) is 42.5 Å². The van der Waals surface area contributed by atoms with Crippen molar-refractivity contribution in [3.8, 4) is 34.1 Å². The molecule has 4 aromatic rings. The van der Waals surface area contributed by atoms with Crippen LogP contribution in [0.4, 0.5) is 0 Å². The number of sulfone groups is 1. The largest absolute Gasteiger partial charge is 0.508 e. The second-order valence-electron chi connectivity index (χ2n) is 9.55. The second-order valence-corrected chi connectivity index (χ2v) is 11.6. The molecule has 1 saturated heterocycles. The summed E-state index contributed by atoms with van der Waals surface area (Å²) in [5.74, 6) is 2.99. The summed E-state index contributed by atoms with van der Waals surface area (Å²) in [5.41, 5.74) is 1.65. The Balaban J connectivity index is 1.39. The standard InChI is InChI=1S/C30H31NO5S/c1-37(33,34)27-10-2-22(3-11-27)28-12-4-23-20-24(32)5-13-29(23)30(28)36-26-8-6-25(7-9-26)35-19-16-21-14-17-31-18-15-21/h2-13,20-21,31-32H,14-19H2,1H3. The molecule has 0 atom stereocenters. The number of fused-ring (bicyclic) bond motifs is 1. The van der Waals surface area contributed by atoms with Gasteiger partial charge in [0, 0.05) is 17.2 Å². The Morgan fingerprint density at radius 2 is 1.59 bits per heavy atom. The van der Waals surface area contributed by atoms with Crippen LogP contribution in [0.2, 0.25) is 0 Å². The molecule has 0 bridgehead atoms. The highest BCUT2D eigenvalue weighted by atomic mass is 32.2. The minimum atomic E-state index is -3.29. The van der Waals surface area contributed by atoms with E-state index in [1.54, 1.807) is 36.4 Å². The molecule has 6 nitrogen and oxygen atoms in total. The number of piperidine rings is 1. The molecule has 0 radical (unpaired) electrons. The van der Waals surface area contributed by atoms with E-state index < -0.39 is 9.84 Å². The van der Waals surface area contributed by atoms with Crippen LogP contribution in [0, 0.1) is 5.92 Å². The van der Waals surface area contributed by atoms with Crippen molar-refractivity contribution in [2.75, 3.05) is 26.0 Å². The lowest BCUT2D eigenvalue weighted by molar-refractivity contribution is 0.251. The first-order valence-electron chi connectivity index (χ1n) is 12.5. The Kier molecular flexibility index (Phi) is 7.35. The lowest BCUT2D eigenvalue weighted by Gasteiger charge is -2.22. The average molecular weight is 518 g/mol. The first kappa shape index (κ1) is 25.1. The number of phenols is 1. The van der Waals surface area contributed by atoms with E-state index in [0.29, 0.717) is 18.1 Å². The summed E-state index contributed by atoms with van der Waals surface area (Å²) < 4.78 is 36.2. The normalized spacial score (nSPS) is 14.5. The van der Waals surface area contributed by atoms with Crippen LogP contribution in [0.5, 0.6) is 23.0 Å². The third kappa shape index (κ3) is 6.06. The Bertz CT molecular complexity index is 1480. The van der Waals surface area contributed by atoms with Crippen molar-refractivity contribution in [1.29, 1.82) is 0 Å². The van der Waals surface area contributed by atoms with Crippen molar-refractivity contribution < 1.29 is 23.0 Å². The summed E-state index contributed by atoms with van der Waals surface area (Å²) in [7, 11) is -3.29. The van der Waals surface area contributed by atoms with Crippen LogP contribution in [0.3, 0.4) is 0 Å². The monoisotopic (exact) mass is 517 g/mol. The average Bonchev–Trinajstić information content (AvgIpc) is 2.90. The van der Waals surface area contributed by atoms with Gasteiger partial charge in [0.2, 0.25) is 0 Å². The molecule has 7 heteroatoms. The third-order valence-electron chi connectivity index (χ3n) is 6.84. The molecule has 4 aromatic carbocycles. The topological polar surface area (TPSA) is 84.9 Å². The SMILES string of the molecule is CS(=O)(=O)c1ccc(-c2ccc3cc(O)ccc3c2Oc2ccc(OCCC3CCNCC3)cc2)cc1. The van der Waals surface area contributed by atoms with Crippen LogP contribution in [-0.4, -0.2) is 39.5 Å². The van der Waals surface area contributed by atoms with Gasteiger partial charge in [-0.1, -0.05) is 18.2 Å². The molecule has 1 aliphatic rings. The number of hydrogen-bond acceptors (Lipinski definition) is 6. The smallest absolute Gasteiger partial charge is 0.175 e. The van der Waals surface area contributed by atoms with Crippen LogP contribution in [0.1, 0.15) is 19.3 Å². The fourth-order valence-electron chi connectivity index (χ4n) is 4.74. The fourth-order valence-corrected chi connectivity index (χ4v) is 5.37. The Morgan fingerprint density at radius 3 is 2.30 bits per heavy atom. The van der Waals surface area contributed by atoms with Gasteiger partial charge in [-0.25, -0.2) is 8.42 Å². The Hall–Kier alpha value is -3.55. The summed E-state index contributed by atoms with van der Waals surface area (Å²) in [6.07, 6.45) is 4.67. The van der Waals surface area contributed by atoms with Crippen molar-refractivity contribution in [3.05, 3.63) is 78.9 Å². The number of benzene rings is 4. The van der Waals surface area contributed by atoms with Crippen LogP contribution < -0.4 is 14.8 Å². The van der Waals surface area contributed by atoms with Crippen molar-refractivity contribution in [1.82, 2.24) is 5.32 Å². The predicted molar refractivity (Wildman–Crippen MR) is 146 cm³/mol. The summed E-state index contributed by atoms with van der Waals surface area (Å²) in [6, 6.07) is 23.3. The van der Waals surface area contributed by atoms with Gasteiger partial charge in [0.15, 0.2) is 9.84 Å². The highest BCUT2D eigenvalue weighted by Crippen LogP contribution is 2.41. The van der Waals surface area contributed by atoms with E-state index in [2.05, 4.69) is 5.32 Å². The maximum atomic E-state index is 11.9. The molecule has 0 amide bonds. The number of nitrogens with one attached hydrogen (secondary N) is 1. The van der Waals surface area contributed by atoms with Crippen LogP contribution in [-0.2, 0) is 9.84 Å². The molecule has 0 unspecified atom stereocenters. The van der Waals surface area contributed by atoms with Gasteiger partial charge in [-0.2, -0.15) is 0 Å². The van der Waals surface area contributed by atoms with E-state index >= 15 is 0 Å². The molecule has 0 aromatic heterocycles. The minimum Gasteiger partial charge on any atom is -0.508 e. The van der Waals surface area contributed by atoms with Crippen LogP contribution >= 0.6 is 0 Å². The minimum absolute atomic E-state index is 0.176. The van der Waals surface area contributed by atoms with Gasteiger partial charge in [0.05, 0.1) is 11.5 Å². The molecule has 1 heterocycles. The summed E-state index contributed by atoms with van der Waals surface area (Å²) in [5, 5.41) is 15.0. The maximum Gasteiger partial charge on any atom is 0.175 e. The number of aromatic hydroxyl groups is 1. The van der Waals surface area contributed by atoms with Crippen LogP contribution in [0.15, 0.2) is 83.8 Å². The second kappa shape index (κ2) is 10.8. The zero-order valence-electron chi connectivity index (χ0n) is 20.8. The van der Waals surface area contributed by atoms with E-state index in [4.69, 9.17) is 9.47 Å². The van der Waals surface area contributed by atoms with E-state index in [9.17, 15) is 13.5 Å². The molecule has 0 spiro atoms. The highest BCUT2D eigenvalue weighted by molar-refractivity contribution is 7.90. The lowest BCUT2D eigenvalue weighted by Crippen LogP contribution is -2.28. The lowest BCUT2D eigenvalue weighted by atomic mass is 9.95. The molecule has 1 fully saturated rings. The number of phenolic OH excluding ortho intramolecular Hbond substituents is 1. The van der Waals surface area contributed by atoms with Crippen molar-refractivity contribution in [3.63, 3.8) is 0 Å². The van der Waals surface area contributed by atoms with E-state index in [0.717, 1.165) is 53.1 Å². The van der Waals surface area contributed by atoms with Gasteiger partial charge in [-0.05, 0) is 110 Å². The molecule has 2 N–H and O–H groups in total. The predicted octanol–water partition coefficient (Wildman–Crippen LogP) is 6.18. The molecule has 192 valence electrons. The molecule has 1 aliphatic heterocycles. The van der Waals surface area contributed by atoms with Crippen molar-refractivity contribution in [2.24, 2.45) is 5.92 Å². The number of ether oxygens (including phenoxy) is 2. The van der Waals surface area contributed by atoms with Gasteiger partial charge in [0.25, 0.3) is 0 Å². The zero-order chi connectivity index (χ0) is 25.8. The van der Waals surface area contributed by atoms with Crippen LogP contribution in [0.25, 0.3) is 21.9 Å². The Labute approximate surface area is 217 Å². The molecular weight excluding hydrogens is 486 g/mol.